The molecule has 1 heterocycles. The number of benzene rings is 2. The fraction of sp³-hybridized carbons (Fsp3) is 0.0588. The zero-order valence-corrected chi connectivity index (χ0v) is 11.4. The Kier molecular flexibility index (Phi) is 3.51. The first kappa shape index (κ1) is 13.1. The molecular formula is C17H13NO3. The second-order valence-electron chi connectivity index (χ2n) is 4.42. The van der Waals surface area contributed by atoms with Gasteiger partial charge in [0.1, 0.15) is 16.8 Å². The topological polar surface area (TPSA) is 48.4 Å². The molecule has 104 valence electrons. The molecule has 2 aromatic carbocycles. The van der Waals surface area contributed by atoms with Crippen LogP contribution < -0.4 is 9.47 Å². The molecule has 0 atom stereocenters. The van der Waals surface area contributed by atoms with Crippen LogP contribution in [-0.2, 0) is 0 Å². The lowest BCUT2D eigenvalue weighted by Gasteiger charge is -2.09. The van der Waals surface area contributed by atoms with E-state index in [0.717, 1.165) is 5.39 Å². The maximum Gasteiger partial charge on any atom is 0.347 e. The Morgan fingerprint density at radius 3 is 2.57 bits per heavy atom. The Morgan fingerprint density at radius 1 is 0.952 bits per heavy atom. The minimum atomic E-state index is -0.467. The summed E-state index contributed by atoms with van der Waals surface area (Å²) in [6.07, 6.45) is 1.67. The fourth-order valence-corrected chi connectivity index (χ4v) is 2.13. The summed E-state index contributed by atoms with van der Waals surface area (Å²) < 4.78 is 10.6. The van der Waals surface area contributed by atoms with Crippen LogP contribution in [0.25, 0.3) is 10.9 Å². The van der Waals surface area contributed by atoms with Gasteiger partial charge < -0.3 is 9.47 Å². The van der Waals surface area contributed by atoms with Gasteiger partial charge in [0, 0.05) is 11.6 Å². The Hall–Kier alpha value is -2.88. The molecule has 4 nitrogen and oxygen atoms in total. The van der Waals surface area contributed by atoms with Gasteiger partial charge in [0.15, 0.2) is 5.75 Å². The highest BCUT2D eigenvalue weighted by molar-refractivity contribution is 5.96. The van der Waals surface area contributed by atoms with Gasteiger partial charge in [-0.05, 0) is 24.3 Å². The predicted octanol–water partition coefficient (Wildman–Crippen LogP) is 3.46. The van der Waals surface area contributed by atoms with Crippen LogP contribution in [0, 0.1) is 0 Å². The molecule has 0 aliphatic heterocycles. The third-order valence-corrected chi connectivity index (χ3v) is 3.13. The summed E-state index contributed by atoms with van der Waals surface area (Å²) in [5.41, 5.74) is 1.04. The summed E-state index contributed by atoms with van der Waals surface area (Å²) in [6, 6.07) is 16.2. The molecular weight excluding hydrogens is 266 g/mol. The molecule has 0 fully saturated rings. The van der Waals surface area contributed by atoms with Crippen LogP contribution in [0.15, 0.2) is 60.8 Å². The minimum Gasteiger partial charge on any atom is -0.496 e. The van der Waals surface area contributed by atoms with E-state index >= 15 is 0 Å². The minimum absolute atomic E-state index is 0.382. The van der Waals surface area contributed by atoms with Crippen molar-refractivity contribution in [1.29, 1.82) is 0 Å². The molecule has 0 aliphatic rings. The second kappa shape index (κ2) is 5.63. The van der Waals surface area contributed by atoms with Crippen molar-refractivity contribution in [3.8, 4) is 11.5 Å². The first-order valence-electron chi connectivity index (χ1n) is 6.48. The van der Waals surface area contributed by atoms with Crippen LogP contribution in [0.4, 0.5) is 0 Å². The number of methoxy groups -OCH3 is 1. The van der Waals surface area contributed by atoms with E-state index in [4.69, 9.17) is 9.47 Å². The monoisotopic (exact) mass is 279 g/mol. The lowest BCUT2D eigenvalue weighted by atomic mass is 10.2. The summed E-state index contributed by atoms with van der Waals surface area (Å²) in [4.78, 5) is 16.6. The average Bonchev–Trinajstić information content (AvgIpc) is 2.55. The SMILES string of the molecule is COc1ccccc1C(=O)Oc1cccc2cccnc12. The largest absolute Gasteiger partial charge is 0.496 e. The van der Waals surface area contributed by atoms with Crippen LogP contribution in [-0.4, -0.2) is 18.1 Å². The normalized spacial score (nSPS) is 10.3. The Balaban J connectivity index is 1.97. The van der Waals surface area contributed by atoms with Gasteiger partial charge in [-0.2, -0.15) is 0 Å². The lowest BCUT2D eigenvalue weighted by molar-refractivity contribution is 0.0733. The number of ether oxygens (including phenoxy) is 2. The number of hydrogen-bond donors (Lipinski definition) is 0. The van der Waals surface area contributed by atoms with Gasteiger partial charge in [-0.3, -0.25) is 4.98 Å². The molecule has 0 radical (unpaired) electrons. The van der Waals surface area contributed by atoms with E-state index in [1.807, 2.05) is 24.3 Å². The first-order chi connectivity index (χ1) is 10.3. The van der Waals surface area contributed by atoms with Gasteiger partial charge in [-0.15, -0.1) is 0 Å². The number of aromatic nitrogens is 1. The standard InChI is InChI=1S/C17H13NO3/c1-20-14-9-3-2-8-13(14)17(19)21-15-10-4-6-12-7-5-11-18-16(12)15/h2-11H,1H3. The summed E-state index contributed by atoms with van der Waals surface area (Å²) in [7, 11) is 1.52. The Bertz CT molecular complexity index is 793. The van der Waals surface area contributed by atoms with Gasteiger partial charge in [-0.25, -0.2) is 4.79 Å². The van der Waals surface area contributed by atoms with Crippen molar-refractivity contribution < 1.29 is 14.3 Å². The van der Waals surface area contributed by atoms with Crippen molar-refractivity contribution in [3.05, 3.63) is 66.4 Å². The number of carbonyl (C=O) groups is 1. The predicted molar refractivity (Wildman–Crippen MR) is 79.7 cm³/mol. The van der Waals surface area contributed by atoms with Gasteiger partial charge in [0.05, 0.1) is 7.11 Å². The van der Waals surface area contributed by atoms with Crippen LogP contribution >= 0.6 is 0 Å². The van der Waals surface area contributed by atoms with E-state index in [-0.39, 0.29) is 0 Å². The Labute approximate surface area is 122 Å². The van der Waals surface area contributed by atoms with Crippen LogP contribution in [0.3, 0.4) is 0 Å². The van der Waals surface area contributed by atoms with E-state index in [1.165, 1.54) is 7.11 Å². The molecule has 0 amide bonds. The van der Waals surface area contributed by atoms with E-state index < -0.39 is 5.97 Å². The molecule has 4 heteroatoms. The fourth-order valence-electron chi connectivity index (χ4n) is 2.13. The molecule has 0 aliphatic carbocycles. The third-order valence-electron chi connectivity index (χ3n) is 3.13. The van der Waals surface area contributed by atoms with Crippen LogP contribution in [0.2, 0.25) is 0 Å². The third kappa shape index (κ3) is 2.56. The summed E-state index contributed by atoms with van der Waals surface area (Å²) in [6.45, 7) is 0. The van der Waals surface area contributed by atoms with E-state index in [1.54, 1.807) is 36.5 Å². The number of carbonyl (C=O) groups excluding carboxylic acids is 1. The maximum absolute atomic E-state index is 12.3. The number of fused-ring (bicyclic) bond motifs is 1. The summed E-state index contributed by atoms with van der Waals surface area (Å²) >= 11 is 0. The Morgan fingerprint density at radius 2 is 1.71 bits per heavy atom. The first-order valence-corrected chi connectivity index (χ1v) is 6.48. The van der Waals surface area contributed by atoms with Crippen molar-refractivity contribution in [2.45, 2.75) is 0 Å². The van der Waals surface area contributed by atoms with Crippen molar-refractivity contribution in [3.63, 3.8) is 0 Å². The highest BCUT2D eigenvalue weighted by atomic mass is 16.5. The van der Waals surface area contributed by atoms with E-state index in [9.17, 15) is 4.79 Å². The molecule has 3 rings (SSSR count). The van der Waals surface area contributed by atoms with Gasteiger partial charge >= 0.3 is 5.97 Å². The zero-order chi connectivity index (χ0) is 14.7. The number of hydrogen-bond acceptors (Lipinski definition) is 4. The quantitative estimate of drug-likeness (QED) is 0.544. The van der Waals surface area contributed by atoms with Gasteiger partial charge in [-0.1, -0.05) is 30.3 Å². The number of pyridine rings is 1. The lowest BCUT2D eigenvalue weighted by Crippen LogP contribution is -2.10. The number of nitrogens with zero attached hydrogens (tertiary/aromatic N) is 1. The molecule has 0 saturated carbocycles. The number of rotatable bonds is 3. The van der Waals surface area contributed by atoms with Crippen molar-refractivity contribution in [2.24, 2.45) is 0 Å². The maximum atomic E-state index is 12.3. The van der Waals surface area contributed by atoms with Gasteiger partial charge in [0.2, 0.25) is 0 Å². The number of esters is 1. The summed E-state index contributed by atoms with van der Waals surface area (Å²) in [5.74, 6) is 0.449. The molecule has 0 saturated heterocycles. The van der Waals surface area contributed by atoms with Crippen molar-refractivity contribution >= 4 is 16.9 Å². The van der Waals surface area contributed by atoms with Crippen molar-refractivity contribution in [1.82, 2.24) is 4.98 Å². The molecule has 0 bridgehead atoms. The van der Waals surface area contributed by atoms with E-state index in [2.05, 4.69) is 4.98 Å². The zero-order valence-electron chi connectivity index (χ0n) is 11.4. The average molecular weight is 279 g/mol. The molecule has 21 heavy (non-hydrogen) atoms. The molecule has 3 aromatic rings. The second-order valence-corrected chi connectivity index (χ2v) is 4.42. The van der Waals surface area contributed by atoms with Crippen molar-refractivity contribution in [2.75, 3.05) is 7.11 Å². The van der Waals surface area contributed by atoms with Gasteiger partial charge in [0.25, 0.3) is 0 Å². The van der Waals surface area contributed by atoms with E-state index in [0.29, 0.717) is 22.6 Å². The molecule has 0 spiro atoms. The van der Waals surface area contributed by atoms with Crippen LogP contribution in [0.5, 0.6) is 11.5 Å². The highest BCUT2D eigenvalue weighted by Crippen LogP contribution is 2.25. The highest BCUT2D eigenvalue weighted by Gasteiger charge is 2.15. The molecule has 0 unspecified atom stereocenters. The smallest absolute Gasteiger partial charge is 0.347 e. The summed E-state index contributed by atoms with van der Waals surface area (Å²) in [5, 5.41) is 0.919. The number of para-hydroxylation sites is 2. The molecule has 0 N–H and O–H groups in total. The van der Waals surface area contributed by atoms with Crippen LogP contribution in [0.1, 0.15) is 10.4 Å². The molecule has 1 aromatic heterocycles.